The van der Waals surface area contributed by atoms with E-state index in [-0.39, 0.29) is 11.9 Å². The molecule has 6 heteroatoms. The average molecular weight is 420 g/mol. The molecule has 1 aliphatic rings. The molecule has 2 heterocycles. The number of hydrogen-bond donors (Lipinski definition) is 0. The van der Waals surface area contributed by atoms with Crippen molar-refractivity contribution < 1.29 is 14.3 Å². The predicted molar refractivity (Wildman–Crippen MR) is 121 cm³/mol. The third kappa shape index (κ3) is 4.29. The number of ether oxygens (including phenoxy) is 2. The van der Waals surface area contributed by atoms with Crippen molar-refractivity contribution in [2.45, 2.75) is 38.8 Å². The van der Waals surface area contributed by atoms with E-state index in [1.807, 2.05) is 47.4 Å². The molecule has 0 bridgehead atoms. The molecule has 162 valence electrons. The molecule has 0 unspecified atom stereocenters. The summed E-state index contributed by atoms with van der Waals surface area (Å²) in [6, 6.07) is 14.1. The Morgan fingerprint density at radius 1 is 1.26 bits per heavy atom. The third-order valence-electron chi connectivity index (χ3n) is 5.82. The zero-order chi connectivity index (χ0) is 21.8. The van der Waals surface area contributed by atoms with Crippen molar-refractivity contribution >= 4 is 16.9 Å². The van der Waals surface area contributed by atoms with Gasteiger partial charge in [0.05, 0.1) is 30.7 Å². The maximum Gasteiger partial charge on any atom is 0.220 e. The number of imidazole rings is 1. The number of amides is 1. The first-order valence-electron chi connectivity index (χ1n) is 10.8. The van der Waals surface area contributed by atoms with Crippen LogP contribution in [0.4, 0.5) is 0 Å². The summed E-state index contributed by atoms with van der Waals surface area (Å²) in [6.07, 6.45) is 4.59. The number of fused-ring (bicyclic) bond motifs is 1. The van der Waals surface area contributed by atoms with Gasteiger partial charge in [0.1, 0.15) is 12.4 Å². The lowest BCUT2D eigenvalue weighted by Gasteiger charge is -2.24. The van der Waals surface area contributed by atoms with Crippen LogP contribution in [0.1, 0.15) is 37.2 Å². The van der Waals surface area contributed by atoms with Crippen molar-refractivity contribution in [2.24, 2.45) is 0 Å². The van der Waals surface area contributed by atoms with Crippen LogP contribution in [0, 0.1) is 0 Å². The van der Waals surface area contributed by atoms with Gasteiger partial charge in [0.25, 0.3) is 0 Å². The fourth-order valence-electron chi connectivity index (χ4n) is 4.37. The molecule has 4 rings (SSSR count). The smallest absolute Gasteiger partial charge is 0.220 e. The first-order chi connectivity index (χ1) is 15.1. The van der Waals surface area contributed by atoms with E-state index in [1.54, 1.807) is 14.0 Å². The van der Waals surface area contributed by atoms with Crippen molar-refractivity contribution in [2.75, 3.05) is 20.3 Å². The molecule has 1 aromatic heterocycles. The minimum atomic E-state index is 0.0117. The molecule has 2 aromatic carbocycles. The van der Waals surface area contributed by atoms with E-state index in [4.69, 9.17) is 14.5 Å². The Morgan fingerprint density at radius 3 is 2.87 bits per heavy atom. The number of carbonyl (C=O) groups is 1. The van der Waals surface area contributed by atoms with Gasteiger partial charge in [0.15, 0.2) is 11.5 Å². The summed E-state index contributed by atoms with van der Waals surface area (Å²) in [5, 5.41) is 0. The molecule has 6 nitrogen and oxygen atoms in total. The molecule has 0 N–H and O–H groups in total. The second-order valence-corrected chi connectivity index (χ2v) is 7.81. The quantitative estimate of drug-likeness (QED) is 0.503. The SMILES string of the molecule is C=CCc1ccc(OCCn2c([C@H]3CCCN3C(C)=O)nc3ccccc32)c(OC)c1. The zero-order valence-electron chi connectivity index (χ0n) is 18.2. The fraction of sp³-hybridized carbons (Fsp3) is 0.360. The Balaban J connectivity index is 1.57. The van der Waals surface area contributed by atoms with Crippen LogP contribution in [0.15, 0.2) is 55.1 Å². The van der Waals surface area contributed by atoms with Crippen LogP contribution in [0.3, 0.4) is 0 Å². The standard InChI is InChI=1S/C25H29N3O3/c1-4-8-19-12-13-23(24(17-19)30-3)31-16-15-28-21-10-6-5-9-20(21)26-25(28)22-11-7-14-27(22)18(2)29/h4-6,9-10,12-13,17,22H,1,7-8,11,14-16H2,2-3H3/t22-/m1/s1. The highest BCUT2D eigenvalue weighted by Gasteiger charge is 2.32. The number of hydrogen-bond acceptors (Lipinski definition) is 4. The highest BCUT2D eigenvalue weighted by atomic mass is 16.5. The summed E-state index contributed by atoms with van der Waals surface area (Å²) < 4.78 is 13.8. The Morgan fingerprint density at radius 2 is 2.10 bits per heavy atom. The molecule has 1 fully saturated rings. The highest BCUT2D eigenvalue weighted by Crippen LogP contribution is 2.34. The van der Waals surface area contributed by atoms with E-state index < -0.39 is 0 Å². The first kappa shape index (κ1) is 21.0. The molecule has 31 heavy (non-hydrogen) atoms. The number of allylic oxidation sites excluding steroid dienone is 1. The molecule has 1 aliphatic heterocycles. The second-order valence-electron chi connectivity index (χ2n) is 7.81. The zero-order valence-corrected chi connectivity index (χ0v) is 18.2. The molecule has 0 radical (unpaired) electrons. The molecular weight excluding hydrogens is 390 g/mol. The first-order valence-corrected chi connectivity index (χ1v) is 10.8. The van der Waals surface area contributed by atoms with Crippen LogP contribution >= 0.6 is 0 Å². The van der Waals surface area contributed by atoms with Crippen molar-refractivity contribution in [3.8, 4) is 11.5 Å². The van der Waals surface area contributed by atoms with E-state index >= 15 is 0 Å². The van der Waals surface area contributed by atoms with E-state index in [0.717, 1.165) is 48.2 Å². The second kappa shape index (κ2) is 9.25. The van der Waals surface area contributed by atoms with E-state index in [1.165, 1.54) is 0 Å². The summed E-state index contributed by atoms with van der Waals surface area (Å²) in [5.74, 6) is 2.47. The number of para-hydroxylation sites is 2. The topological polar surface area (TPSA) is 56.6 Å². The lowest BCUT2D eigenvalue weighted by atomic mass is 10.1. The van der Waals surface area contributed by atoms with Gasteiger partial charge in [0.2, 0.25) is 5.91 Å². The van der Waals surface area contributed by atoms with Gasteiger partial charge in [-0.3, -0.25) is 4.79 Å². The summed E-state index contributed by atoms with van der Waals surface area (Å²) in [5.41, 5.74) is 3.14. The number of methoxy groups -OCH3 is 1. The Hall–Kier alpha value is -3.28. The van der Waals surface area contributed by atoms with Crippen molar-refractivity contribution in [1.29, 1.82) is 0 Å². The fourth-order valence-corrected chi connectivity index (χ4v) is 4.37. The largest absolute Gasteiger partial charge is 0.493 e. The molecule has 1 amide bonds. The van der Waals surface area contributed by atoms with Crippen LogP contribution in [-0.2, 0) is 17.8 Å². The number of aromatic nitrogens is 2. The summed E-state index contributed by atoms with van der Waals surface area (Å²) in [7, 11) is 1.65. The molecule has 1 saturated heterocycles. The number of benzene rings is 2. The lowest BCUT2D eigenvalue weighted by molar-refractivity contribution is -0.129. The van der Waals surface area contributed by atoms with Gasteiger partial charge in [-0.1, -0.05) is 24.3 Å². The maximum atomic E-state index is 12.1. The van der Waals surface area contributed by atoms with E-state index in [9.17, 15) is 4.79 Å². The van der Waals surface area contributed by atoms with Gasteiger partial charge < -0.3 is 18.9 Å². The van der Waals surface area contributed by atoms with Crippen LogP contribution < -0.4 is 9.47 Å². The molecule has 0 spiro atoms. The number of rotatable bonds is 8. The lowest BCUT2D eigenvalue weighted by Crippen LogP contribution is -2.30. The molecule has 3 aromatic rings. The average Bonchev–Trinajstić information content (AvgIpc) is 3.40. The molecule has 0 saturated carbocycles. The maximum absolute atomic E-state index is 12.1. The molecule has 1 atom stereocenters. The van der Waals surface area contributed by atoms with Crippen molar-refractivity contribution in [3.63, 3.8) is 0 Å². The van der Waals surface area contributed by atoms with Gasteiger partial charge >= 0.3 is 0 Å². The Kier molecular flexibility index (Phi) is 6.26. The van der Waals surface area contributed by atoms with Crippen LogP contribution in [-0.4, -0.2) is 40.6 Å². The van der Waals surface area contributed by atoms with Crippen molar-refractivity contribution in [3.05, 3.63) is 66.5 Å². The van der Waals surface area contributed by atoms with E-state index in [0.29, 0.717) is 24.7 Å². The number of nitrogens with zero attached hydrogens (tertiary/aromatic N) is 3. The number of likely N-dealkylation sites (tertiary alicyclic amines) is 1. The molecule has 0 aliphatic carbocycles. The van der Waals surface area contributed by atoms with Gasteiger partial charge in [-0.15, -0.1) is 6.58 Å². The normalized spacial score (nSPS) is 15.9. The van der Waals surface area contributed by atoms with E-state index in [2.05, 4.69) is 17.2 Å². The predicted octanol–water partition coefficient (Wildman–Crippen LogP) is 4.54. The summed E-state index contributed by atoms with van der Waals surface area (Å²) in [6.45, 7) is 7.31. The minimum absolute atomic E-state index is 0.0117. The van der Waals surface area contributed by atoms with Gasteiger partial charge in [-0.05, 0) is 49.1 Å². The van der Waals surface area contributed by atoms with Crippen LogP contribution in [0.25, 0.3) is 11.0 Å². The summed E-state index contributed by atoms with van der Waals surface area (Å²) >= 11 is 0. The van der Waals surface area contributed by atoms with Gasteiger partial charge in [-0.25, -0.2) is 4.98 Å². The Bertz CT molecular complexity index is 1090. The monoisotopic (exact) mass is 419 g/mol. The van der Waals surface area contributed by atoms with Gasteiger partial charge in [-0.2, -0.15) is 0 Å². The molecular formula is C25H29N3O3. The van der Waals surface area contributed by atoms with Gasteiger partial charge in [0, 0.05) is 13.5 Å². The minimum Gasteiger partial charge on any atom is -0.493 e. The third-order valence-corrected chi connectivity index (χ3v) is 5.82. The summed E-state index contributed by atoms with van der Waals surface area (Å²) in [4.78, 5) is 19.0. The Labute approximate surface area is 183 Å². The van der Waals surface area contributed by atoms with Crippen LogP contribution in [0.5, 0.6) is 11.5 Å². The number of carbonyl (C=O) groups excluding carboxylic acids is 1. The van der Waals surface area contributed by atoms with Crippen LogP contribution in [0.2, 0.25) is 0 Å². The highest BCUT2D eigenvalue weighted by molar-refractivity contribution is 5.77. The van der Waals surface area contributed by atoms with Crippen molar-refractivity contribution in [1.82, 2.24) is 14.5 Å².